The molecule has 19 heteroatoms. The average Bonchev–Trinajstić information content (AvgIpc) is 2.73. The van der Waals surface area contributed by atoms with Crippen LogP contribution < -0.4 is 0 Å². The molecule has 3 aliphatic rings. The van der Waals surface area contributed by atoms with E-state index in [-0.39, 0.29) is 70.7 Å². The summed E-state index contributed by atoms with van der Waals surface area (Å²) in [4.78, 5) is 0. The number of hydrogen-bond donors (Lipinski definition) is 0. The molecular formula is C24H45IrO15S3. The van der Waals surface area contributed by atoms with Crippen LogP contribution >= 0.6 is 0 Å². The number of rotatable bonds is 3. The Balaban J connectivity index is -0.0000000836. The Morgan fingerprint density at radius 3 is 0.698 bits per heavy atom. The summed E-state index contributed by atoms with van der Waals surface area (Å²) in [6.45, 7) is 9.49. The minimum Gasteiger partial charge on any atom is -0.747 e. The molecule has 3 aliphatic carbocycles. The normalized spacial score (nSPS) is 29.7. The van der Waals surface area contributed by atoms with Crippen molar-refractivity contribution >= 4 is 30.4 Å². The first-order valence-electron chi connectivity index (χ1n) is 11.1. The molecule has 0 bridgehead atoms. The Hall–Kier alpha value is -1.42. The zero-order chi connectivity index (χ0) is 28.2. The monoisotopic (exact) mass is 862 g/mol. The molecule has 0 amide bonds. The minimum atomic E-state index is -4.26. The predicted octanol–water partition coefficient (Wildman–Crippen LogP) is -1.79. The van der Waals surface area contributed by atoms with Crippen LogP contribution in [0.5, 0.6) is 0 Å². The zero-order valence-corrected chi connectivity index (χ0v) is 29.2. The van der Waals surface area contributed by atoms with Crippen LogP contribution in [-0.2, 0) is 50.5 Å². The second-order valence-corrected chi connectivity index (χ2v) is 14.9. The summed E-state index contributed by atoms with van der Waals surface area (Å²) in [5, 5.41) is 0. The number of allylic oxidation sites excluding steroid dienone is 9. The maximum Gasteiger partial charge on any atom is 3.00 e. The van der Waals surface area contributed by atoms with Gasteiger partial charge in [0, 0.05) is 0 Å². The first-order chi connectivity index (χ1) is 16.1. The Morgan fingerprint density at radius 1 is 0.442 bits per heavy atom. The van der Waals surface area contributed by atoms with Crippen molar-refractivity contribution in [3.8, 4) is 0 Å². The summed E-state index contributed by atoms with van der Waals surface area (Å²) >= 11 is 0. The van der Waals surface area contributed by atoms with Crippen LogP contribution in [0.2, 0.25) is 0 Å². The van der Waals surface area contributed by atoms with Crippen LogP contribution in [-0.4, -0.2) is 86.0 Å². The quantitative estimate of drug-likeness (QED) is 0.289. The van der Waals surface area contributed by atoms with Gasteiger partial charge in [-0.3, -0.25) is 0 Å². The summed E-state index contributed by atoms with van der Waals surface area (Å²) < 4.78 is 94.1. The van der Waals surface area contributed by atoms with Gasteiger partial charge in [0.05, 0.1) is 14.2 Å². The van der Waals surface area contributed by atoms with Crippen molar-refractivity contribution in [1.82, 2.24) is 0 Å². The summed E-state index contributed by atoms with van der Waals surface area (Å²) in [5.41, 5.74) is 0. The molecule has 12 N–H and O–H groups in total. The third kappa shape index (κ3) is 13.2. The Morgan fingerprint density at radius 2 is 0.605 bits per heavy atom. The van der Waals surface area contributed by atoms with Crippen molar-refractivity contribution in [3.05, 3.63) is 72.9 Å². The molecular weight excluding hydrogens is 817 g/mol. The molecule has 43 heavy (non-hydrogen) atoms. The molecule has 0 fully saturated rings. The van der Waals surface area contributed by atoms with E-state index in [0.717, 1.165) is 0 Å². The first kappa shape index (κ1) is 57.3. The SMILES string of the molecule is CC1C=CC=CC1(C)S(=O)(=O)[O-].CC1C=CC=CC1(C)S(=O)(=O)[O-].CC1C=CC=CC1(C)S(=O)(=O)[O-].O.O.O.O.O.O.[Ir+3]. The topological polar surface area (TPSA) is 361 Å². The van der Waals surface area contributed by atoms with E-state index >= 15 is 0 Å². The molecule has 0 saturated carbocycles. The Kier molecular flexibility index (Phi) is 27.4. The van der Waals surface area contributed by atoms with E-state index in [9.17, 15) is 38.9 Å². The van der Waals surface area contributed by atoms with Crippen molar-refractivity contribution < 1.29 is 91.9 Å². The molecule has 0 aromatic carbocycles. The third-order valence-corrected chi connectivity index (χ3v) is 11.9. The molecule has 0 heterocycles. The van der Waals surface area contributed by atoms with Crippen molar-refractivity contribution in [2.75, 3.05) is 0 Å². The van der Waals surface area contributed by atoms with Gasteiger partial charge in [-0.25, -0.2) is 25.3 Å². The third-order valence-electron chi connectivity index (χ3n) is 7.14. The molecule has 0 aliphatic heterocycles. The smallest absolute Gasteiger partial charge is 0.747 e. The molecule has 3 rings (SSSR count). The van der Waals surface area contributed by atoms with E-state index in [0.29, 0.717) is 0 Å². The second-order valence-electron chi connectivity index (χ2n) is 9.51. The largest absolute Gasteiger partial charge is 3.00 e. The van der Waals surface area contributed by atoms with Crippen molar-refractivity contribution in [2.45, 2.75) is 55.8 Å². The molecule has 0 saturated heterocycles. The summed E-state index contributed by atoms with van der Waals surface area (Å²) in [6.07, 6.45) is 19.5. The van der Waals surface area contributed by atoms with Gasteiger partial charge in [0.25, 0.3) is 0 Å². The van der Waals surface area contributed by atoms with Gasteiger partial charge in [-0.05, 0) is 38.5 Å². The second kappa shape index (κ2) is 20.6. The van der Waals surface area contributed by atoms with E-state index in [2.05, 4.69) is 0 Å². The molecule has 0 radical (unpaired) electrons. The fourth-order valence-corrected chi connectivity index (χ4v) is 5.73. The van der Waals surface area contributed by atoms with E-state index in [1.807, 2.05) is 0 Å². The van der Waals surface area contributed by atoms with Crippen LogP contribution in [0.3, 0.4) is 0 Å². The molecule has 15 nitrogen and oxygen atoms in total. The number of hydrogen-bond acceptors (Lipinski definition) is 9. The molecule has 6 atom stereocenters. The van der Waals surface area contributed by atoms with E-state index in [1.54, 1.807) is 75.5 Å². The van der Waals surface area contributed by atoms with Gasteiger partial charge in [-0.2, -0.15) is 0 Å². The van der Waals surface area contributed by atoms with Gasteiger partial charge in [0.15, 0.2) is 0 Å². The van der Waals surface area contributed by atoms with Gasteiger partial charge >= 0.3 is 20.1 Å². The predicted molar refractivity (Wildman–Crippen MR) is 158 cm³/mol. The Labute approximate surface area is 267 Å². The average molecular weight is 862 g/mol. The molecule has 0 aromatic heterocycles. The molecule has 0 aromatic rings. The van der Waals surface area contributed by atoms with Crippen LogP contribution in [0, 0.1) is 17.8 Å². The fraction of sp³-hybridized carbons (Fsp3) is 0.500. The summed E-state index contributed by atoms with van der Waals surface area (Å²) in [7, 11) is -12.8. The fourth-order valence-electron chi connectivity index (χ4n) is 3.39. The first-order valence-corrected chi connectivity index (χ1v) is 15.3. The minimum absolute atomic E-state index is 0. The van der Waals surface area contributed by atoms with Crippen LogP contribution in [0.15, 0.2) is 72.9 Å². The van der Waals surface area contributed by atoms with Crippen molar-refractivity contribution in [1.29, 1.82) is 0 Å². The Bertz CT molecular complexity index is 1160. The standard InChI is InChI=1S/3C8H12O3S.Ir.6H2O/c3*1-7-5-3-4-6-8(7,2)12(9,10)11;;;;;;;/h3*3-7H,1-2H3,(H,9,10,11);;6*1H2/q;;;+3;;;;;;/p-3. The van der Waals surface area contributed by atoms with E-state index in [1.165, 1.54) is 39.0 Å². The van der Waals surface area contributed by atoms with Crippen LogP contribution in [0.25, 0.3) is 0 Å². The van der Waals surface area contributed by atoms with Gasteiger partial charge in [0.1, 0.15) is 30.4 Å². The van der Waals surface area contributed by atoms with E-state index in [4.69, 9.17) is 0 Å². The van der Waals surface area contributed by atoms with Crippen LogP contribution in [0.1, 0.15) is 41.5 Å². The van der Waals surface area contributed by atoms with Crippen molar-refractivity contribution in [2.24, 2.45) is 17.8 Å². The van der Waals surface area contributed by atoms with Gasteiger partial charge in [-0.1, -0.05) is 93.7 Å². The van der Waals surface area contributed by atoms with Gasteiger partial charge in [-0.15, -0.1) is 0 Å². The maximum atomic E-state index is 10.9. The van der Waals surface area contributed by atoms with Crippen LogP contribution in [0.4, 0.5) is 0 Å². The van der Waals surface area contributed by atoms with Gasteiger partial charge in [0.2, 0.25) is 0 Å². The van der Waals surface area contributed by atoms with Crippen molar-refractivity contribution in [3.63, 3.8) is 0 Å². The summed E-state index contributed by atoms with van der Waals surface area (Å²) in [6, 6.07) is 0. The molecule has 0 spiro atoms. The van der Waals surface area contributed by atoms with E-state index < -0.39 is 44.6 Å². The molecule has 6 unspecified atom stereocenters. The maximum absolute atomic E-state index is 10.9. The zero-order valence-electron chi connectivity index (χ0n) is 24.4. The van der Waals surface area contributed by atoms with Gasteiger partial charge < -0.3 is 46.5 Å². The summed E-state index contributed by atoms with van der Waals surface area (Å²) in [5.74, 6) is -0.778. The molecule has 258 valence electrons.